The summed E-state index contributed by atoms with van der Waals surface area (Å²) in [5.74, 6) is 0.0843. The minimum absolute atomic E-state index is 0. The topological polar surface area (TPSA) is 103 Å². The fourth-order valence-corrected chi connectivity index (χ4v) is 4.66. The van der Waals surface area contributed by atoms with E-state index < -0.39 is 21.9 Å². The van der Waals surface area contributed by atoms with Crippen LogP contribution in [0.5, 0.6) is 5.75 Å². The van der Waals surface area contributed by atoms with Crippen LogP contribution in [0.2, 0.25) is 0 Å². The summed E-state index contributed by atoms with van der Waals surface area (Å²) >= 11 is 0. The van der Waals surface area contributed by atoms with Gasteiger partial charge >= 0.3 is 0 Å². The fraction of sp³-hybridized carbons (Fsp3) is 0.391. The smallest absolute Gasteiger partial charge is 0.229 e. The van der Waals surface area contributed by atoms with Crippen LogP contribution in [0.15, 0.2) is 36.4 Å². The van der Waals surface area contributed by atoms with Crippen molar-refractivity contribution in [2.45, 2.75) is 31.8 Å². The van der Waals surface area contributed by atoms with Crippen molar-refractivity contribution in [1.82, 2.24) is 10.3 Å². The van der Waals surface area contributed by atoms with Crippen LogP contribution in [0.1, 0.15) is 35.8 Å². The van der Waals surface area contributed by atoms with Crippen molar-refractivity contribution in [2.24, 2.45) is 0 Å². The first-order valence-corrected chi connectivity index (χ1v) is 12.6. The Kier molecular flexibility index (Phi) is 8.23. The Bertz CT molecular complexity index is 1220. The molecule has 0 unspecified atom stereocenters. The van der Waals surface area contributed by atoms with Gasteiger partial charge in [-0.3, -0.25) is 4.72 Å². The minimum atomic E-state index is -3.61. The number of aliphatic hydroxyl groups is 1. The van der Waals surface area contributed by atoms with Crippen LogP contribution >= 0.6 is 12.4 Å². The van der Waals surface area contributed by atoms with Gasteiger partial charge in [0.1, 0.15) is 18.2 Å². The van der Waals surface area contributed by atoms with E-state index in [4.69, 9.17) is 4.74 Å². The molecule has 0 spiro atoms. The molecule has 1 aliphatic carbocycles. The van der Waals surface area contributed by atoms with Gasteiger partial charge in [0, 0.05) is 35.8 Å². The van der Waals surface area contributed by atoms with Gasteiger partial charge < -0.3 is 20.1 Å². The van der Waals surface area contributed by atoms with E-state index in [1.807, 2.05) is 12.1 Å². The summed E-state index contributed by atoms with van der Waals surface area (Å²) in [5.41, 5.74) is 4.10. The van der Waals surface area contributed by atoms with Crippen LogP contribution in [-0.2, 0) is 22.9 Å². The zero-order valence-corrected chi connectivity index (χ0v) is 20.0. The first-order chi connectivity index (χ1) is 15.3. The summed E-state index contributed by atoms with van der Waals surface area (Å²) in [6, 6.07) is 9.97. The van der Waals surface area contributed by atoms with Crippen LogP contribution in [0, 0.1) is 5.82 Å². The van der Waals surface area contributed by atoms with Gasteiger partial charge in [-0.05, 0) is 61.1 Å². The molecule has 7 nitrogen and oxygen atoms in total. The fourth-order valence-electron chi connectivity index (χ4n) is 4.11. The van der Waals surface area contributed by atoms with Gasteiger partial charge in [0.2, 0.25) is 10.0 Å². The number of H-pyrrole nitrogens is 1. The third kappa shape index (κ3) is 6.38. The second kappa shape index (κ2) is 10.7. The number of fused-ring (bicyclic) bond motifs is 3. The molecule has 0 aliphatic heterocycles. The maximum absolute atomic E-state index is 13.8. The Labute approximate surface area is 199 Å². The van der Waals surface area contributed by atoms with E-state index in [9.17, 15) is 17.9 Å². The number of anilines is 1. The summed E-state index contributed by atoms with van der Waals surface area (Å²) in [5, 5.41) is 14.7. The Morgan fingerprint density at radius 3 is 2.76 bits per heavy atom. The Balaban J connectivity index is 0.00000306. The lowest BCUT2D eigenvalue weighted by atomic mass is 9.96. The molecule has 0 fully saturated rings. The molecule has 1 atom stereocenters. The van der Waals surface area contributed by atoms with E-state index in [1.54, 1.807) is 0 Å². The zero-order valence-electron chi connectivity index (χ0n) is 18.4. The van der Waals surface area contributed by atoms with Crippen molar-refractivity contribution in [2.75, 3.05) is 30.7 Å². The lowest BCUT2D eigenvalue weighted by Gasteiger charge is -2.14. The van der Waals surface area contributed by atoms with E-state index >= 15 is 0 Å². The van der Waals surface area contributed by atoms with Gasteiger partial charge in [-0.2, -0.15) is 0 Å². The zero-order chi connectivity index (χ0) is 22.7. The highest BCUT2D eigenvalue weighted by molar-refractivity contribution is 7.92. The second-order valence-electron chi connectivity index (χ2n) is 8.18. The molecule has 0 saturated carbocycles. The van der Waals surface area contributed by atoms with Gasteiger partial charge in [0.15, 0.2) is 0 Å². The number of halogens is 2. The SMILES string of the molecule is CS(=O)(=O)Nc1cc([C@@H](O)CNCCOc2ccc3c4c([nH]c3c2)CCCC4)ccc1F.Cl. The summed E-state index contributed by atoms with van der Waals surface area (Å²) in [4.78, 5) is 3.52. The van der Waals surface area contributed by atoms with Crippen molar-refractivity contribution in [3.63, 3.8) is 0 Å². The van der Waals surface area contributed by atoms with Gasteiger partial charge in [0.25, 0.3) is 0 Å². The molecule has 1 aromatic heterocycles. The number of sulfonamides is 1. The van der Waals surface area contributed by atoms with Crippen LogP contribution < -0.4 is 14.8 Å². The number of benzene rings is 2. The molecule has 1 heterocycles. The lowest BCUT2D eigenvalue weighted by Crippen LogP contribution is -2.26. The molecule has 2 aromatic carbocycles. The van der Waals surface area contributed by atoms with Crippen LogP contribution in [0.3, 0.4) is 0 Å². The average molecular weight is 498 g/mol. The maximum Gasteiger partial charge on any atom is 0.229 e. The molecule has 10 heteroatoms. The third-order valence-corrected chi connectivity index (χ3v) is 6.22. The van der Waals surface area contributed by atoms with Gasteiger partial charge in [-0.25, -0.2) is 12.8 Å². The summed E-state index contributed by atoms with van der Waals surface area (Å²) in [7, 11) is -3.61. The first-order valence-electron chi connectivity index (χ1n) is 10.7. The van der Waals surface area contributed by atoms with Gasteiger partial charge in [-0.1, -0.05) is 6.07 Å². The number of aliphatic hydroxyl groups excluding tert-OH is 1. The Morgan fingerprint density at radius 2 is 1.97 bits per heavy atom. The highest BCUT2D eigenvalue weighted by Crippen LogP contribution is 2.31. The molecular weight excluding hydrogens is 469 g/mol. The van der Waals surface area contributed by atoms with E-state index in [0.717, 1.165) is 36.4 Å². The molecule has 0 saturated heterocycles. The minimum Gasteiger partial charge on any atom is -0.492 e. The number of nitrogens with one attached hydrogen (secondary N) is 3. The van der Waals surface area contributed by atoms with E-state index in [-0.39, 0.29) is 24.6 Å². The number of hydrogen-bond acceptors (Lipinski definition) is 5. The van der Waals surface area contributed by atoms with Crippen molar-refractivity contribution < 1.29 is 22.7 Å². The van der Waals surface area contributed by atoms with E-state index in [0.29, 0.717) is 18.7 Å². The van der Waals surface area contributed by atoms with Crippen molar-refractivity contribution in [3.05, 3.63) is 59.0 Å². The molecule has 4 rings (SSSR count). The summed E-state index contributed by atoms with van der Waals surface area (Å²) in [6.07, 6.45) is 4.72. The maximum atomic E-state index is 13.8. The molecule has 3 aromatic rings. The van der Waals surface area contributed by atoms with Gasteiger partial charge in [0.05, 0.1) is 18.0 Å². The third-order valence-electron chi connectivity index (χ3n) is 5.63. The monoisotopic (exact) mass is 497 g/mol. The molecule has 0 radical (unpaired) electrons. The van der Waals surface area contributed by atoms with Crippen molar-refractivity contribution in [3.8, 4) is 5.75 Å². The standard InChI is InChI=1S/C23H28FN3O4S.ClH/c1-32(29,30)27-22-12-15(6-9-19(22)24)23(28)14-25-10-11-31-16-7-8-18-17-4-2-3-5-20(17)26-21(18)13-16;/h6-9,12-13,23,25-28H,2-5,10-11,14H2,1H3;1H/t23-;/m0./s1. The quantitative estimate of drug-likeness (QED) is 0.338. The van der Waals surface area contributed by atoms with Crippen LogP contribution in [0.4, 0.5) is 10.1 Å². The van der Waals surface area contributed by atoms with Gasteiger partial charge in [-0.15, -0.1) is 12.4 Å². The lowest BCUT2D eigenvalue weighted by molar-refractivity contribution is 0.172. The summed E-state index contributed by atoms with van der Waals surface area (Å²) in [6.45, 7) is 1.14. The predicted molar refractivity (Wildman–Crippen MR) is 130 cm³/mol. The van der Waals surface area contributed by atoms with Crippen molar-refractivity contribution in [1.29, 1.82) is 0 Å². The molecule has 180 valence electrons. The predicted octanol–water partition coefficient (Wildman–Crippen LogP) is 3.68. The second-order valence-corrected chi connectivity index (χ2v) is 9.93. The average Bonchev–Trinajstić information content (AvgIpc) is 3.11. The Hall–Kier alpha value is -2.33. The molecule has 0 amide bonds. The normalized spacial score (nSPS) is 14.4. The molecule has 4 N–H and O–H groups in total. The first kappa shape index (κ1) is 25.3. The van der Waals surface area contributed by atoms with Crippen LogP contribution in [-0.4, -0.2) is 44.5 Å². The number of aromatic amines is 1. The highest BCUT2D eigenvalue weighted by Gasteiger charge is 2.16. The molecule has 1 aliphatic rings. The van der Waals surface area contributed by atoms with E-state index in [1.165, 1.54) is 41.6 Å². The number of hydrogen-bond donors (Lipinski definition) is 4. The highest BCUT2D eigenvalue weighted by atomic mass is 35.5. The summed E-state index contributed by atoms with van der Waals surface area (Å²) < 4.78 is 44.4. The Morgan fingerprint density at radius 1 is 1.18 bits per heavy atom. The number of aromatic nitrogens is 1. The molecule has 0 bridgehead atoms. The number of aryl methyl sites for hydroxylation is 2. The van der Waals surface area contributed by atoms with E-state index in [2.05, 4.69) is 21.1 Å². The van der Waals surface area contributed by atoms with Crippen LogP contribution in [0.25, 0.3) is 10.9 Å². The largest absolute Gasteiger partial charge is 0.492 e. The number of ether oxygens (including phenoxy) is 1. The van der Waals surface area contributed by atoms with Crippen molar-refractivity contribution >= 4 is 39.0 Å². The molecule has 33 heavy (non-hydrogen) atoms. The molecular formula is C23H29ClFN3O4S. The number of rotatable bonds is 9.